The van der Waals surface area contributed by atoms with E-state index in [1.807, 2.05) is 122 Å². The number of alkyl carbamates (subject to hydrolysis) is 2. The minimum atomic E-state index is -1.38. The highest BCUT2D eigenvalue weighted by Gasteiger charge is 2.49. The lowest BCUT2D eigenvalue weighted by atomic mass is 9.88. The quantitative estimate of drug-likeness (QED) is 0.0604. The summed E-state index contributed by atoms with van der Waals surface area (Å²) in [5.74, 6) is -1.34. The molecular weight excluding hydrogens is 1070 g/mol. The van der Waals surface area contributed by atoms with Gasteiger partial charge in [0.2, 0.25) is 23.6 Å². The lowest BCUT2D eigenvalue weighted by Gasteiger charge is -2.47. The van der Waals surface area contributed by atoms with Crippen molar-refractivity contribution in [3.8, 4) is 0 Å². The summed E-state index contributed by atoms with van der Waals surface area (Å²) in [6.07, 6.45) is 5.49. The Bertz CT molecular complexity index is 3180. The van der Waals surface area contributed by atoms with Gasteiger partial charge in [-0.2, -0.15) is 0 Å². The van der Waals surface area contributed by atoms with E-state index >= 15 is 0 Å². The van der Waals surface area contributed by atoms with E-state index in [-0.39, 0.29) is 62.6 Å². The van der Waals surface area contributed by atoms with Crippen molar-refractivity contribution >= 4 is 69.7 Å². The lowest BCUT2D eigenvalue weighted by molar-refractivity contribution is -0.136. The predicted molar refractivity (Wildman–Crippen MR) is 317 cm³/mol. The maximum absolute atomic E-state index is 14.0. The molecule has 4 fully saturated rings. The SMILES string of the molecule is CC(C)(C)OC(=O)N[C@](C)(Cc1c[nH]c2ccccc12)C(=O)N[C@@H]1CCCN2C(=O)N(Cc3ccccc3)C(=O)C[C@@H]12.CC(C)(C)OC(=O)N[C@](C)(Cc1c[nH]c2ccccc12)C(=O)N[C@H]1CCCN2C(=O)N(Cc3ccccc3)C(=O)C[C@H]12. The number of carbonyl (C=O) groups is 8. The highest BCUT2D eigenvalue weighted by atomic mass is 16.6. The van der Waals surface area contributed by atoms with Gasteiger partial charge in [0.05, 0.1) is 25.2 Å². The molecule has 0 bridgehead atoms. The van der Waals surface area contributed by atoms with E-state index < -0.39 is 70.4 Å². The van der Waals surface area contributed by atoms with E-state index in [4.69, 9.17) is 9.47 Å². The Morgan fingerprint density at radius 2 is 0.869 bits per heavy atom. The molecule has 4 aliphatic heterocycles. The van der Waals surface area contributed by atoms with E-state index in [1.165, 1.54) is 9.80 Å². The van der Waals surface area contributed by atoms with Crippen LogP contribution in [0.1, 0.15) is 116 Å². The number of fused-ring (bicyclic) bond motifs is 4. The summed E-state index contributed by atoms with van der Waals surface area (Å²) in [7, 11) is 0. The van der Waals surface area contributed by atoms with Gasteiger partial charge in [-0.3, -0.25) is 29.0 Å². The van der Waals surface area contributed by atoms with Gasteiger partial charge in [-0.15, -0.1) is 0 Å². The minimum Gasteiger partial charge on any atom is -0.444 e. The first kappa shape index (κ1) is 59.9. The van der Waals surface area contributed by atoms with Crippen LogP contribution in [0.4, 0.5) is 19.2 Å². The molecule has 444 valence electrons. The first-order valence-electron chi connectivity index (χ1n) is 28.9. The number of ether oxygens (including phenoxy) is 2. The number of H-pyrrole nitrogens is 2. The van der Waals surface area contributed by atoms with Gasteiger partial charge in [0.25, 0.3) is 0 Å². The Morgan fingerprint density at radius 3 is 1.24 bits per heavy atom. The van der Waals surface area contributed by atoms with Crippen LogP contribution < -0.4 is 21.3 Å². The van der Waals surface area contributed by atoms with Gasteiger partial charge in [0.15, 0.2) is 0 Å². The van der Waals surface area contributed by atoms with E-state index in [0.717, 1.165) is 44.1 Å². The smallest absolute Gasteiger partial charge is 0.408 e. The first-order valence-corrected chi connectivity index (χ1v) is 28.9. The monoisotopic (exact) mass is 1150 g/mol. The fourth-order valence-electron chi connectivity index (χ4n) is 11.8. The summed E-state index contributed by atoms with van der Waals surface area (Å²) in [4.78, 5) is 120. The van der Waals surface area contributed by atoms with Crippen molar-refractivity contribution < 1.29 is 47.8 Å². The number of hydrogen-bond acceptors (Lipinski definition) is 10. The molecule has 6 atom stereocenters. The van der Waals surface area contributed by atoms with Gasteiger partial charge in [-0.25, -0.2) is 19.2 Å². The van der Waals surface area contributed by atoms with Gasteiger partial charge >= 0.3 is 24.2 Å². The highest BCUT2D eigenvalue weighted by molar-refractivity contribution is 5.99. The van der Waals surface area contributed by atoms with Gasteiger partial charge < -0.3 is 50.5 Å². The Kier molecular flexibility index (Phi) is 17.6. The number of rotatable bonds is 14. The minimum absolute atomic E-state index is 0.113. The third-order valence-corrected chi connectivity index (χ3v) is 15.9. The topological polar surface area (TPSA) is 248 Å². The molecule has 4 saturated heterocycles. The molecule has 4 aliphatic rings. The Balaban J connectivity index is 0.000000202. The number of para-hydroxylation sites is 2. The van der Waals surface area contributed by atoms with Crippen LogP contribution >= 0.6 is 0 Å². The number of aromatic amines is 2. The summed E-state index contributed by atoms with van der Waals surface area (Å²) in [5.41, 5.74) is 1.08. The van der Waals surface area contributed by atoms with E-state index in [0.29, 0.717) is 38.8 Å². The standard InChI is InChI=1S/2C32H39N5O5/c2*1-31(2,3)42-29(40)35-32(4,18-22-19-33-24-14-9-8-13-23(22)24)28(39)34-25-15-10-16-36-26(25)17-27(38)37(30(36)41)20-21-11-6-5-7-12-21/h2*5-9,11-14,19,25-26,33H,10,15-18,20H2,1-4H3,(H,34,39)(H,35,40)/t25-,26+,32+;25-,26+,32-/m01/s1. The molecule has 84 heavy (non-hydrogen) atoms. The predicted octanol–water partition coefficient (Wildman–Crippen LogP) is 8.99. The van der Waals surface area contributed by atoms with Crippen LogP contribution in [0, 0.1) is 0 Å². The summed E-state index contributed by atoms with van der Waals surface area (Å²) in [5, 5.41) is 13.8. The lowest BCUT2D eigenvalue weighted by Crippen LogP contribution is -2.67. The summed E-state index contributed by atoms with van der Waals surface area (Å²) in [6, 6.07) is 31.9. The molecule has 10 rings (SSSR count). The molecule has 0 saturated carbocycles. The molecule has 20 nitrogen and oxygen atoms in total. The van der Waals surface area contributed by atoms with Crippen LogP contribution in [-0.4, -0.2) is 137 Å². The third kappa shape index (κ3) is 14.0. The fourth-order valence-corrected chi connectivity index (χ4v) is 11.8. The average molecular weight is 1150 g/mol. The van der Waals surface area contributed by atoms with Crippen molar-refractivity contribution in [3.05, 3.63) is 144 Å². The van der Waals surface area contributed by atoms with Crippen molar-refractivity contribution in [3.63, 3.8) is 0 Å². The maximum atomic E-state index is 14.0. The molecule has 6 N–H and O–H groups in total. The van der Waals surface area contributed by atoms with Crippen LogP contribution in [0.5, 0.6) is 0 Å². The van der Waals surface area contributed by atoms with E-state index in [9.17, 15) is 38.4 Å². The molecule has 0 unspecified atom stereocenters. The number of nitrogens with one attached hydrogen (secondary N) is 6. The maximum Gasteiger partial charge on any atom is 0.408 e. The van der Waals surface area contributed by atoms with Crippen LogP contribution in [-0.2, 0) is 54.6 Å². The van der Waals surface area contributed by atoms with Crippen molar-refractivity contribution in [2.24, 2.45) is 0 Å². The van der Waals surface area contributed by atoms with Gasteiger partial charge in [-0.1, -0.05) is 97.1 Å². The summed E-state index contributed by atoms with van der Waals surface area (Å²) in [6.45, 7) is 15.4. The van der Waals surface area contributed by atoms with Crippen molar-refractivity contribution in [1.82, 2.24) is 50.8 Å². The normalized spacial score (nSPS) is 20.6. The van der Waals surface area contributed by atoms with Crippen molar-refractivity contribution in [1.29, 1.82) is 0 Å². The molecule has 0 radical (unpaired) electrons. The third-order valence-electron chi connectivity index (χ3n) is 15.9. The van der Waals surface area contributed by atoms with Crippen LogP contribution in [0.3, 0.4) is 0 Å². The number of imide groups is 2. The number of piperidine rings is 2. The largest absolute Gasteiger partial charge is 0.444 e. The summed E-state index contributed by atoms with van der Waals surface area (Å²) < 4.78 is 11.0. The molecule has 0 aliphatic carbocycles. The number of carbonyl (C=O) groups excluding carboxylic acids is 8. The number of hydrogen-bond donors (Lipinski definition) is 6. The van der Waals surface area contributed by atoms with E-state index in [2.05, 4.69) is 31.2 Å². The molecule has 4 aromatic carbocycles. The van der Waals surface area contributed by atoms with Gasteiger partial charge in [0, 0.05) is 85.1 Å². The molecule has 0 spiro atoms. The number of urea groups is 2. The zero-order valence-corrected chi connectivity index (χ0v) is 49.2. The molecule has 6 aromatic rings. The number of nitrogens with zero attached hydrogens (tertiary/aromatic N) is 4. The number of amides is 10. The number of aromatic nitrogens is 2. The summed E-state index contributed by atoms with van der Waals surface area (Å²) >= 11 is 0. The average Bonchev–Trinajstić information content (AvgIpc) is 3.94. The molecule has 2 aromatic heterocycles. The Morgan fingerprint density at radius 1 is 0.512 bits per heavy atom. The zero-order valence-electron chi connectivity index (χ0n) is 49.2. The van der Waals surface area contributed by atoms with Gasteiger partial charge in [0.1, 0.15) is 22.3 Å². The zero-order chi connectivity index (χ0) is 60.1. The van der Waals surface area contributed by atoms with Crippen molar-refractivity contribution in [2.45, 2.75) is 166 Å². The molecule has 20 heteroatoms. The van der Waals surface area contributed by atoms with E-state index in [1.54, 1.807) is 65.2 Å². The molecular formula is C64H78N10O10. The Hall–Kier alpha value is -8.68. The molecule has 10 amide bonds. The second kappa shape index (κ2) is 24.6. The Labute approximate surface area is 489 Å². The number of benzene rings is 4. The first-order chi connectivity index (χ1) is 39.9. The highest BCUT2D eigenvalue weighted by Crippen LogP contribution is 2.32. The van der Waals surface area contributed by atoms with Crippen molar-refractivity contribution in [2.75, 3.05) is 13.1 Å². The van der Waals surface area contributed by atoms with Crippen LogP contribution in [0.25, 0.3) is 21.8 Å². The second-order valence-electron chi connectivity index (χ2n) is 24.9. The van der Waals surface area contributed by atoms with Gasteiger partial charge in [-0.05, 0) is 115 Å². The van der Waals surface area contributed by atoms with Crippen LogP contribution in [0.15, 0.2) is 122 Å². The fraction of sp³-hybridized carbons (Fsp3) is 0.438. The second-order valence-corrected chi connectivity index (χ2v) is 24.9. The molecule has 6 heterocycles. The van der Waals surface area contributed by atoms with Crippen LogP contribution in [0.2, 0.25) is 0 Å².